The van der Waals surface area contributed by atoms with Gasteiger partial charge in [-0.2, -0.15) is 0 Å². The number of phenols is 1. The molecule has 2 nitrogen and oxygen atoms in total. The lowest BCUT2D eigenvalue weighted by atomic mass is 10.1. The van der Waals surface area contributed by atoms with Crippen LogP contribution >= 0.6 is 11.3 Å². The summed E-state index contributed by atoms with van der Waals surface area (Å²) in [5, 5.41) is 16.4. The Morgan fingerprint density at radius 1 is 1.40 bits per heavy atom. The lowest BCUT2D eigenvalue weighted by Crippen LogP contribution is -2.14. The second-order valence-corrected chi connectivity index (χ2v) is 4.98. The zero-order valence-electron chi connectivity index (χ0n) is 8.36. The SMILES string of the molecule is Oc1cccc2scc(CNC3CC3)c12. The van der Waals surface area contributed by atoms with Gasteiger partial charge in [-0.15, -0.1) is 11.3 Å². The smallest absolute Gasteiger partial charge is 0.124 e. The third-order valence-electron chi connectivity index (χ3n) is 2.81. The van der Waals surface area contributed by atoms with Crippen LogP contribution in [0.1, 0.15) is 18.4 Å². The van der Waals surface area contributed by atoms with Gasteiger partial charge in [0.15, 0.2) is 0 Å². The standard InChI is InChI=1S/C12H13NOS/c14-10-2-1-3-11-12(10)8(7-15-11)6-13-9-4-5-9/h1-3,7,9,13-14H,4-6H2. The van der Waals surface area contributed by atoms with Crippen LogP contribution in [0.3, 0.4) is 0 Å². The van der Waals surface area contributed by atoms with Crippen LogP contribution in [-0.4, -0.2) is 11.1 Å². The second kappa shape index (κ2) is 3.51. The first kappa shape index (κ1) is 9.19. The van der Waals surface area contributed by atoms with Crippen molar-refractivity contribution in [1.29, 1.82) is 0 Å². The van der Waals surface area contributed by atoms with Crippen molar-refractivity contribution in [2.75, 3.05) is 0 Å². The van der Waals surface area contributed by atoms with Gasteiger partial charge in [0, 0.05) is 22.7 Å². The van der Waals surface area contributed by atoms with Crippen LogP contribution in [0.4, 0.5) is 0 Å². The summed E-state index contributed by atoms with van der Waals surface area (Å²) >= 11 is 1.70. The number of phenolic OH excluding ortho intramolecular Hbond substituents is 1. The number of thiophene rings is 1. The van der Waals surface area contributed by atoms with Gasteiger partial charge in [-0.3, -0.25) is 0 Å². The molecule has 0 spiro atoms. The summed E-state index contributed by atoms with van der Waals surface area (Å²) in [7, 11) is 0. The van der Waals surface area contributed by atoms with Gasteiger partial charge in [0.1, 0.15) is 5.75 Å². The van der Waals surface area contributed by atoms with E-state index >= 15 is 0 Å². The maximum Gasteiger partial charge on any atom is 0.124 e. The minimum atomic E-state index is 0.404. The molecule has 78 valence electrons. The van der Waals surface area contributed by atoms with Crippen LogP contribution < -0.4 is 5.32 Å². The molecule has 0 saturated heterocycles. The summed E-state index contributed by atoms with van der Waals surface area (Å²) < 4.78 is 1.17. The normalized spacial score (nSPS) is 16.0. The van der Waals surface area contributed by atoms with Crippen LogP contribution in [-0.2, 0) is 6.54 Å². The molecule has 1 aliphatic rings. The number of fused-ring (bicyclic) bond motifs is 1. The largest absolute Gasteiger partial charge is 0.507 e. The Morgan fingerprint density at radius 2 is 2.27 bits per heavy atom. The van der Waals surface area contributed by atoms with Crippen molar-refractivity contribution in [2.24, 2.45) is 0 Å². The van der Waals surface area contributed by atoms with Gasteiger partial charge in [0.25, 0.3) is 0 Å². The van der Waals surface area contributed by atoms with Crippen LogP contribution in [0.2, 0.25) is 0 Å². The van der Waals surface area contributed by atoms with Gasteiger partial charge in [0.05, 0.1) is 0 Å². The van der Waals surface area contributed by atoms with Crippen molar-refractivity contribution in [3.8, 4) is 5.75 Å². The first-order valence-corrected chi connectivity index (χ1v) is 6.14. The summed E-state index contributed by atoms with van der Waals surface area (Å²) in [6, 6.07) is 6.42. The third kappa shape index (κ3) is 1.73. The molecule has 0 radical (unpaired) electrons. The molecule has 0 unspecified atom stereocenters. The summed E-state index contributed by atoms with van der Waals surface area (Å²) in [6.07, 6.45) is 2.60. The monoisotopic (exact) mass is 219 g/mol. The van der Waals surface area contributed by atoms with Crippen molar-refractivity contribution in [3.05, 3.63) is 29.1 Å². The molecule has 2 N–H and O–H groups in total. The highest BCUT2D eigenvalue weighted by atomic mass is 32.1. The van der Waals surface area contributed by atoms with Gasteiger partial charge in [0.2, 0.25) is 0 Å². The van der Waals surface area contributed by atoms with Crippen molar-refractivity contribution in [1.82, 2.24) is 5.32 Å². The highest BCUT2D eigenvalue weighted by molar-refractivity contribution is 7.17. The molecule has 2 aromatic rings. The molecule has 0 atom stereocenters. The van der Waals surface area contributed by atoms with E-state index in [4.69, 9.17) is 0 Å². The highest BCUT2D eigenvalue weighted by Gasteiger charge is 2.20. The van der Waals surface area contributed by atoms with Crippen LogP contribution in [0.15, 0.2) is 23.6 Å². The lowest BCUT2D eigenvalue weighted by Gasteiger charge is -2.02. The predicted octanol–water partition coefficient (Wildman–Crippen LogP) is 2.86. The summed E-state index contributed by atoms with van der Waals surface area (Å²) in [6.45, 7) is 0.877. The Balaban J connectivity index is 1.94. The summed E-state index contributed by atoms with van der Waals surface area (Å²) in [4.78, 5) is 0. The molecule has 1 aromatic heterocycles. The molecule has 1 aliphatic carbocycles. The summed E-state index contributed by atoms with van der Waals surface area (Å²) in [5.41, 5.74) is 1.22. The molecule has 0 bridgehead atoms. The minimum absolute atomic E-state index is 0.404. The Morgan fingerprint density at radius 3 is 3.07 bits per heavy atom. The van der Waals surface area contributed by atoms with E-state index in [0.29, 0.717) is 11.8 Å². The maximum atomic E-state index is 9.80. The molecule has 1 saturated carbocycles. The average molecular weight is 219 g/mol. The zero-order valence-corrected chi connectivity index (χ0v) is 9.18. The second-order valence-electron chi connectivity index (χ2n) is 4.07. The minimum Gasteiger partial charge on any atom is -0.507 e. The van der Waals surface area contributed by atoms with Crippen molar-refractivity contribution >= 4 is 21.4 Å². The van der Waals surface area contributed by atoms with Crippen LogP contribution in [0, 0.1) is 0 Å². The topological polar surface area (TPSA) is 32.3 Å². The maximum absolute atomic E-state index is 9.80. The average Bonchev–Trinajstić information content (AvgIpc) is 2.96. The molecule has 1 fully saturated rings. The van der Waals surface area contributed by atoms with Gasteiger partial charge >= 0.3 is 0 Å². The molecule has 1 heterocycles. The Hall–Kier alpha value is -1.06. The lowest BCUT2D eigenvalue weighted by molar-refractivity contribution is 0.481. The van der Waals surface area contributed by atoms with E-state index in [1.807, 2.05) is 6.07 Å². The van der Waals surface area contributed by atoms with Crippen molar-refractivity contribution in [2.45, 2.75) is 25.4 Å². The van der Waals surface area contributed by atoms with Gasteiger partial charge < -0.3 is 10.4 Å². The van der Waals surface area contributed by atoms with E-state index in [1.54, 1.807) is 17.4 Å². The van der Waals surface area contributed by atoms with E-state index in [1.165, 1.54) is 23.1 Å². The van der Waals surface area contributed by atoms with Gasteiger partial charge in [-0.1, -0.05) is 6.07 Å². The number of benzene rings is 1. The van der Waals surface area contributed by atoms with Crippen molar-refractivity contribution in [3.63, 3.8) is 0 Å². The van der Waals surface area contributed by atoms with Crippen LogP contribution in [0.25, 0.3) is 10.1 Å². The van der Waals surface area contributed by atoms with E-state index in [-0.39, 0.29) is 0 Å². The van der Waals surface area contributed by atoms with Crippen LogP contribution in [0.5, 0.6) is 5.75 Å². The number of hydrogen-bond acceptors (Lipinski definition) is 3. The van der Waals surface area contributed by atoms with E-state index in [0.717, 1.165) is 11.9 Å². The fourth-order valence-corrected chi connectivity index (χ4v) is 2.79. The van der Waals surface area contributed by atoms with E-state index < -0.39 is 0 Å². The number of nitrogens with one attached hydrogen (secondary N) is 1. The Bertz CT molecular complexity index is 487. The number of hydrogen-bond donors (Lipinski definition) is 2. The predicted molar refractivity (Wildman–Crippen MR) is 63.4 cm³/mol. The molecule has 15 heavy (non-hydrogen) atoms. The molecule has 1 aromatic carbocycles. The first-order valence-electron chi connectivity index (χ1n) is 5.26. The molecular formula is C12H13NOS. The quantitative estimate of drug-likeness (QED) is 0.832. The van der Waals surface area contributed by atoms with Gasteiger partial charge in [-0.05, 0) is 35.9 Å². The molecule has 0 aliphatic heterocycles. The Labute approximate surface area is 92.6 Å². The zero-order chi connectivity index (χ0) is 10.3. The molecule has 3 heteroatoms. The fraction of sp³-hybridized carbons (Fsp3) is 0.333. The highest BCUT2D eigenvalue weighted by Crippen LogP contribution is 2.33. The van der Waals surface area contributed by atoms with Gasteiger partial charge in [-0.25, -0.2) is 0 Å². The number of aromatic hydroxyl groups is 1. The fourth-order valence-electron chi connectivity index (χ4n) is 1.81. The van der Waals surface area contributed by atoms with E-state index in [2.05, 4.69) is 16.8 Å². The molecular weight excluding hydrogens is 206 g/mol. The summed E-state index contributed by atoms with van der Waals surface area (Å²) in [5.74, 6) is 0.404. The molecule has 0 amide bonds. The number of rotatable bonds is 3. The molecule has 3 rings (SSSR count). The Kier molecular flexibility index (Phi) is 2.15. The van der Waals surface area contributed by atoms with Crippen molar-refractivity contribution < 1.29 is 5.11 Å². The first-order chi connectivity index (χ1) is 7.34. The van der Waals surface area contributed by atoms with E-state index in [9.17, 15) is 5.11 Å². The third-order valence-corrected chi connectivity index (χ3v) is 3.81.